The SMILES string of the molecule is Cc1cc(NC(=O)N(B(O)O)c2cc(C(F)(F)F)ccc2Cl)c(F)cc1B1OC(C)(C)C(C)(C)O1. The van der Waals surface area contributed by atoms with E-state index in [0.29, 0.717) is 23.2 Å². The Kier molecular flexibility index (Phi) is 7.24. The van der Waals surface area contributed by atoms with Gasteiger partial charge in [-0.3, -0.25) is 4.81 Å². The molecular weight excluding hydrogens is 493 g/mol. The molecule has 1 aliphatic rings. The number of amides is 2. The smallest absolute Gasteiger partial charge is 0.407 e. The number of benzene rings is 2. The summed E-state index contributed by atoms with van der Waals surface area (Å²) in [6.07, 6.45) is -4.78. The number of alkyl halides is 3. The number of anilines is 2. The molecule has 0 aliphatic carbocycles. The van der Waals surface area contributed by atoms with E-state index in [2.05, 4.69) is 5.32 Å². The molecule has 1 heterocycles. The lowest BCUT2D eigenvalue weighted by Crippen LogP contribution is -2.47. The van der Waals surface area contributed by atoms with Gasteiger partial charge in [-0.1, -0.05) is 11.6 Å². The Morgan fingerprint density at radius 3 is 2.20 bits per heavy atom. The van der Waals surface area contributed by atoms with Crippen molar-refractivity contribution in [3.63, 3.8) is 0 Å². The minimum absolute atomic E-state index is 0.161. The van der Waals surface area contributed by atoms with Gasteiger partial charge in [0, 0.05) is 0 Å². The first-order valence-corrected chi connectivity index (χ1v) is 10.8. The zero-order valence-electron chi connectivity index (χ0n) is 19.5. The number of halogens is 5. The van der Waals surface area contributed by atoms with Gasteiger partial charge in [0.25, 0.3) is 0 Å². The summed E-state index contributed by atoms with van der Waals surface area (Å²) < 4.78 is 66.2. The summed E-state index contributed by atoms with van der Waals surface area (Å²) in [5.74, 6) is -0.906. The van der Waals surface area contributed by atoms with Gasteiger partial charge in [-0.25, -0.2) is 9.18 Å². The second kappa shape index (κ2) is 9.29. The van der Waals surface area contributed by atoms with Crippen molar-refractivity contribution in [1.82, 2.24) is 0 Å². The maximum Gasteiger partial charge on any atom is 0.596 e. The summed E-state index contributed by atoms with van der Waals surface area (Å²) in [5, 5.41) is 21.2. The molecular formula is C21H23B2ClF4N2O5. The van der Waals surface area contributed by atoms with Gasteiger partial charge in [0.2, 0.25) is 0 Å². The maximum absolute atomic E-state index is 15.0. The van der Waals surface area contributed by atoms with Crippen molar-refractivity contribution in [2.75, 3.05) is 10.1 Å². The van der Waals surface area contributed by atoms with Crippen LogP contribution in [0.3, 0.4) is 0 Å². The van der Waals surface area contributed by atoms with E-state index in [1.54, 1.807) is 6.92 Å². The molecule has 1 aliphatic heterocycles. The normalized spacial score (nSPS) is 16.9. The highest BCUT2D eigenvalue weighted by atomic mass is 35.5. The molecule has 1 fully saturated rings. The number of hydrogen-bond donors (Lipinski definition) is 3. The second-order valence-corrected chi connectivity index (χ2v) is 9.49. The predicted molar refractivity (Wildman–Crippen MR) is 125 cm³/mol. The zero-order valence-corrected chi connectivity index (χ0v) is 20.3. The summed E-state index contributed by atoms with van der Waals surface area (Å²) >= 11 is 5.92. The van der Waals surface area contributed by atoms with Crippen molar-refractivity contribution in [3.8, 4) is 0 Å². The van der Waals surface area contributed by atoms with E-state index in [-0.39, 0.29) is 15.5 Å². The summed E-state index contributed by atoms with van der Waals surface area (Å²) in [7, 11) is -3.46. The van der Waals surface area contributed by atoms with Crippen molar-refractivity contribution in [1.29, 1.82) is 0 Å². The number of urea groups is 1. The molecule has 1 saturated heterocycles. The van der Waals surface area contributed by atoms with Crippen LogP contribution in [0.25, 0.3) is 0 Å². The Morgan fingerprint density at radius 2 is 1.69 bits per heavy atom. The van der Waals surface area contributed by atoms with Crippen molar-refractivity contribution in [2.24, 2.45) is 0 Å². The number of nitrogens with one attached hydrogen (secondary N) is 1. The number of aryl methyl sites for hydroxylation is 1. The van der Waals surface area contributed by atoms with Crippen molar-refractivity contribution in [3.05, 3.63) is 52.3 Å². The van der Waals surface area contributed by atoms with Gasteiger partial charge in [-0.2, -0.15) is 13.2 Å². The molecule has 2 aromatic rings. The Balaban J connectivity index is 1.91. The molecule has 7 nitrogen and oxygen atoms in total. The van der Waals surface area contributed by atoms with Crippen LogP contribution in [0.1, 0.15) is 38.8 Å². The van der Waals surface area contributed by atoms with Gasteiger partial charge in [0.15, 0.2) is 0 Å². The lowest BCUT2D eigenvalue weighted by atomic mass is 9.76. The van der Waals surface area contributed by atoms with Gasteiger partial charge >= 0.3 is 26.6 Å². The second-order valence-electron chi connectivity index (χ2n) is 9.09. The third kappa shape index (κ3) is 5.44. The molecule has 0 saturated carbocycles. The summed E-state index contributed by atoms with van der Waals surface area (Å²) in [6.45, 7) is 8.96. The van der Waals surface area contributed by atoms with E-state index in [1.165, 1.54) is 6.07 Å². The van der Waals surface area contributed by atoms with Gasteiger partial charge in [-0.05, 0) is 76.0 Å². The van der Waals surface area contributed by atoms with Crippen molar-refractivity contribution >= 4 is 48.8 Å². The molecule has 3 rings (SSSR count). The average molecular weight is 516 g/mol. The Morgan fingerprint density at radius 1 is 1.11 bits per heavy atom. The Labute approximate surface area is 205 Å². The lowest BCUT2D eigenvalue weighted by molar-refractivity contribution is -0.137. The molecule has 0 bridgehead atoms. The van der Waals surface area contributed by atoms with Gasteiger partial charge < -0.3 is 24.7 Å². The number of hydrogen-bond acceptors (Lipinski definition) is 5. The molecule has 3 N–H and O–H groups in total. The highest BCUT2D eigenvalue weighted by Crippen LogP contribution is 2.38. The fourth-order valence-corrected chi connectivity index (χ4v) is 3.61. The van der Waals surface area contributed by atoms with Crippen molar-refractivity contribution < 1.29 is 41.7 Å². The van der Waals surface area contributed by atoms with Crippen molar-refractivity contribution in [2.45, 2.75) is 52.0 Å². The van der Waals surface area contributed by atoms with E-state index >= 15 is 0 Å². The third-order valence-corrected chi connectivity index (χ3v) is 6.41. The predicted octanol–water partition coefficient (Wildman–Crippen LogP) is 4.11. The minimum Gasteiger partial charge on any atom is -0.407 e. The van der Waals surface area contributed by atoms with Crippen LogP contribution in [-0.2, 0) is 15.5 Å². The number of carbonyl (C=O) groups excluding carboxylic acids is 1. The molecule has 188 valence electrons. The highest BCUT2D eigenvalue weighted by molar-refractivity contribution is 6.62. The van der Waals surface area contributed by atoms with Crippen LogP contribution in [-0.4, -0.2) is 41.7 Å². The minimum atomic E-state index is -4.78. The van der Waals surface area contributed by atoms with Crippen LogP contribution in [0.4, 0.5) is 33.7 Å². The van der Waals surface area contributed by atoms with E-state index in [9.17, 15) is 32.4 Å². The number of rotatable bonds is 4. The van der Waals surface area contributed by atoms with Crippen LogP contribution in [0.15, 0.2) is 30.3 Å². The van der Waals surface area contributed by atoms with E-state index < -0.39 is 54.8 Å². The maximum atomic E-state index is 15.0. The van der Waals surface area contributed by atoms with E-state index in [0.717, 1.165) is 12.1 Å². The van der Waals surface area contributed by atoms with Crippen LogP contribution >= 0.6 is 11.6 Å². The highest BCUT2D eigenvalue weighted by Gasteiger charge is 2.52. The molecule has 0 spiro atoms. The molecule has 14 heteroatoms. The summed E-state index contributed by atoms with van der Waals surface area (Å²) in [6, 6.07) is 3.04. The fraction of sp³-hybridized carbons (Fsp3) is 0.381. The van der Waals surface area contributed by atoms with Crippen LogP contribution in [0, 0.1) is 12.7 Å². The van der Waals surface area contributed by atoms with E-state index in [4.69, 9.17) is 20.9 Å². The van der Waals surface area contributed by atoms with Crippen LogP contribution in [0.5, 0.6) is 0 Å². The first-order valence-electron chi connectivity index (χ1n) is 10.4. The molecule has 2 aromatic carbocycles. The topological polar surface area (TPSA) is 91.3 Å². The molecule has 0 unspecified atom stereocenters. The summed E-state index contributed by atoms with van der Waals surface area (Å²) in [4.78, 5) is 12.9. The van der Waals surface area contributed by atoms with Crippen LogP contribution < -0.4 is 15.6 Å². The molecule has 0 atom stereocenters. The lowest BCUT2D eigenvalue weighted by Gasteiger charge is -2.32. The molecule has 35 heavy (non-hydrogen) atoms. The largest absolute Gasteiger partial charge is 0.596 e. The van der Waals surface area contributed by atoms with Gasteiger partial charge in [-0.15, -0.1) is 0 Å². The van der Waals surface area contributed by atoms with Crippen LogP contribution in [0.2, 0.25) is 5.02 Å². The standard InChI is InChI=1S/C21H23B2ClF4N2O5/c1-11-8-16(15(25)10-13(11)22-34-19(2,3)20(4,5)35-22)29-18(31)30(23(32)33)17-9-12(21(26,27)28)6-7-14(17)24/h6-10,32-33H,1-5H3,(H,29,31). The number of carbonyl (C=O) groups is 1. The quantitative estimate of drug-likeness (QED) is 0.420. The average Bonchev–Trinajstić information content (AvgIpc) is 2.91. The molecule has 2 amide bonds. The van der Waals surface area contributed by atoms with Gasteiger partial charge in [0.05, 0.1) is 33.2 Å². The fourth-order valence-electron chi connectivity index (χ4n) is 3.40. The zero-order chi connectivity index (χ0) is 26.5. The molecule has 0 aromatic heterocycles. The Hall–Kier alpha value is -2.31. The Bertz CT molecular complexity index is 1130. The number of nitrogens with zero attached hydrogens (tertiary/aromatic N) is 1. The van der Waals surface area contributed by atoms with E-state index in [1.807, 2.05) is 27.7 Å². The first kappa shape index (κ1) is 27.3. The third-order valence-electron chi connectivity index (χ3n) is 6.09. The van der Waals surface area contributed by atoms with Gasteiger partial charge in [0.1, 0.15) is 5.82 Å². The monoisotopic (exact) mass is 516 g/mol. The summed E-state index contributed by atoms with van der Waals surface area (Å²) in [5.41, 5.74) is -2.66. The first-order chi connectivity index (χ1) is 15.9. The molecule has 0 radical (unpaired) electrons.